The molecular weight excluding hydrogens is 220 g/mol. The van der Waals surface area contributed by atoms with E-state index in [2.05, 4.69) is 6.07 Å². The second kappa shape index (κ2) is 4.26. The van der Waals surface area contributed by atoms with Gasteiger partial charge in [0.2, 0.25) is 0 Å². The quantitative estimate of drug-likeness (QED) is 0.718. The van der Waals surface area contributed by atoms with Gasteiger partial charge in [-0.25, -0.2) is 0 Å². The largest absolute Gasteiger partial charge is 0.293 e. The average Bonchev–Trinajstić information content (AvgIpc) is 2.82. The third kappa shape index (κ3) is 1.68. The minimum atomic E-state index is -0.123. The van der Waals surface area contributed by atoms with Crippen LogP contribution in [0.5, 0.6) is 0 Å². The van der Waals surface area contributed by atoms with Crippen molar-refractivity contribution < 1.29 is 4.79 Å². The monoisotopic (exact) mass is 234 g/mol. The number of ketones is 1. The van der Waals surface area contributed by atoms with Crippen molar-refractivity contribution in [2.75, 3.05) is 0 Å². The first kappa shape index (κ1) is 11.0. The predicted octanol–water partition coefficient (Wildman–Crippen LogP) is 3.99. The number of rotatable bonds is 2. The Kier molecular flexibility index (Phi) is 2.60. The molecule has 1 nitrogen and oxygen atoms in total. The summed E-state index contributed by atoms with van der Waals surface area (Å²) in [6.45, 7) is 1.98. The molecule has 1 unspecified atom stereocenters. The maximum Gasteiger partial charge on any atom is 0.174 e. The standard InChI is InChI=1S/C17H14O/c1-12-6-2-4-8-14(12)17(18)16-11-10-13-7-3-5-9-15(13)16/h2-11,16H,1H3. The van der Waals surface area contributed by atoms with Crippen LogP contribution < -0.4 is 0 Å². The molecule has 1 aliphatic carbocycles. The van der Waals surface area contributed by atoms with E-state index in [4.69, 9.17) is 0 Å². The number of hydrogen-bond donors (Lipinski definition) is 0. The van der Waals surface area contributed by atoms with Crippen LogP contribution >= 0.6 is 0 Å². The molecule has 1 atom stereocenters. The van der Waals surface area contributed by atoms with Crippen molar-refractivity contribution in [1.82, 2.24) is 0 Å². The number of aryl methyl sites for hydroxylation is 1. The maximum absolute atomic E-state index is 12.6. The maximum atomic E-state index is 12.6. The van der Waals surface area contributed by atoms with E-state index in [-0.39, 0.29) is 11.7 Å². The zero-order valence-electron chi connectivity index (χ0n) is 10.3. The Morgan fingerprint density at radius 1 is 1.00 bits per heavy atom. The van der Waals surface area contributed by atoms with Crippen molar-refractivity contribution in [3.63, 3.8) is 0 Å². The molecule has 2 aromatic carbocycles. The Labute approximate surface area is 107 Å². The molecule has 18 heavy (non-hydrogen) atoms. The van der Waals surface area contributed by atoms with Gasteiger partial charge in [-0.3, -0.25) is 4.79 Å². The average molecular weight is 234 g/mol. The van der Waals surface area contributed by atoms with Gasteiger partial charge in [0.15, 0.2) is 5.78 Å². The lowest BCUT2D eigenvalue weighted by molar-refractivity contribution is 0.0976. The number of allylic oxidation sites excluding steroid dienone is 1. The zero-order chi connectivity index (χ0) is 12.5. The van der Waals surface area contributed by atoms with Crippen LogP contribution in [-0.2, 0) is 0 Å². The SMILES string of the molecule is Cc1ccccc1C(=O)C1C=Cc2ccccc21. The molecule has 0 aromatic heterocycles. The van der Waals surface area contributed by atoms with Crippen molar-refractivity contribution in [2.24, 2.45) is 0 Å². The van der Waals surface area contributed by atoms with Crippen LogP contribution in [0.4, 0.5) is 0 Å². The molecule has 0 saturated carbocycles. The highest BCUT2D eigenvalue weighted by Gasteiger charge is 2.25. The van der Waals surface area contributed by atoms with E-state index in [1.165, 1.54) is 0 Å². The van der Waals surface area contributed by atoms with Crippen molar-refractivity contribution in [3.05, 3.63) is 76.9 Å². The van der Waals surface area contributed by atoms with Gasteiger partial charge in [0.1, 0.15) is 0 Å². The van der Waals surface area contributed by atoms with Gasteiger partial charge in [-0.15, -0.1) is 0 Å². The van der Waals surface area contributed by atoms with Crippen molar-refractivity contribution in [3.8, 4) is 0 Å². The molecule has 1 aliphatic rings. The van der Waals surface area contributed by atoms with Crippen LogP contribution in [0, 0.1) is 6.92 Å². The molecule has 0 aliphatic heterocycles. The number of hydrogen-bond acceptors (Lipinski definition) is 1. The van der Waals surface area contributed by atoms with Gasteiger partial charge in [-0.1, -0.05) is 60.7 Å². The summed E-state index contributed by atoms with van der Waals surface area (Å²) in [5.74, 6) is 0.0663. The molecular formula is C17H14O. The van der Waals surface area contributed by atoms with Crippen molar-refractivity contribution >= 4 is 11.9 Å². The molecule has 0 saturated heterocycles. The summed E-state index contributed by atoms with van der Waals surface area (Å²) in [5, 5.41) is 0. The Hall–Kier alpha value is -2.15. The summed E-state index contributed by atoms with van der Waals surface area (Å²) in [6, 6.07) is 15.9. The van der Waals surface area contributed by atoms with Gasteiger partial charge < -0.3 is 0 Å². The van der Waals surface area contributed by atoms with Gasteiger partial charge in [-0.05, 0) is 23.6 Å². The van der Waals surface area contributed by atoms with Crippen molar-refractivity contribution in [2.45, 2.75) is 12.8 Å². The number of carbonyl (C=O) groups excluding carboxylic acids is 1. The topological polar surface area (TPSA) is 17.1 Å². The van der Waals surface area contributed by atoms with E-state index >= 15 is 0 Å². The minimum absolute atomic E-state index is 0.123. The van der Waals surface area contributed by atoms with Crippen LogP contribution in [-0.4, -0.2) is 5.78 Å². The zero-order valence-corrected chi connectivity index (χ0v) is 10.3. The number of benzene rings is 2. The molecule has 0 heterocycles. The minimum Gasteiger partial charge on any atom is -0.293 e. The molecule has 2 aromatic rings. The second-order valence-corrected chi connectivity index (χ2v) is 4.64. The summed E-state index contributed by atoms with van der Waals surface area (Å²) in [4.78, 5) is 12.6. The lowest BCUT2D eigenvalue weighted by atomic mass is 9.90. The first-order chi connectivity index (χ1) is 8.77. The Morgan fingerprint density at radius 3 is 2.56 bits per heavy atom. The van der Waals surface area contributed by atoms with Crippen LogP contribution in [0.25, 0.3) is 6.08 Å². The normalized spacial score (nSPS) is 16.6. The lowest BCUT2D eigenvalue weighted by Crippen LogP contribution is -2.10. The lowest BCUT2D eigenvalue weighted by Gasteiger charge is -2.11. The van der Waals surface area contributed by atoms with E-state index in [1.807, 2.05) is 61.5 Å². The van der Waals surface area contributed by atoms with Crippen LogP contribution in [0.1, 0.15) is 33.0 Å². The van der Waals surface area contributed by atoms with E-state index in [0.29, 0.717) is 0 Å². The second-order valence-electron chi connectivity index (χ2n) is 4.64. The third-order valence-corrected chi connectivity index (χ3v) is 3.49. The fraction of sp³-hybridized carbons (Fsp3) is 0.118. The van der Waals surface area contributed by atoms with Gasteiger partial charge in [-0.2, -0.15) is 0 Å². The third-order valence-electron chi connectivity index (χ3n) is 3.49. The van der Waals surface area contributed by atoms with Crippen LogP contribution in [0.2, 0.25) is 0 Å². The van der Waals surface area contributed by atoms with Gasteiger partial charge in [0.05, 0.1) is 5.92 Å². The van der Waals surface area contributed by atoms with Gasteiger partial charge in [0, 0.05) is 5.56 Å². The fourth-order valence-corrected chi connectivity index (χ4v) is 2.49. The molecule has 0 radical (unpaired) electrons. The Balaban J connectivity index is 2.02. The van der Waals surface area contributed by atoms with Crippen molar-refractivity contribution in [1.29, 1.82) is 0 Å². The fourth-order valence-electron chi connectivity index (χ4n) is 2.49. The molecule has 0 N–H and O–H groups in total. The molecule has 0 fully saturated rings. The van der Waals surface area contributed by atoms with E-state index < -0.39 is 0 Å². The Bertz CT molecular complexity index is 638. The Morgan fingerprint density at radius 2 is 1.72 bits per heavy atom. The number of Topliss-reactive ketones (excluding diaryl/α,β-unsaturated/α-hetero) is 1. The highest BCUT2D eigenvalue weighted by molar-refractivity contribution is 6.05. The summed E-state index contributed by atoms with van der Waals surface area (Å²) in [5.41, 5.74) is 4.14. The predicted molar refractivity (Wildman–Crippen MR) is 73.7 cm³/mol. The summed E-state index contributed by atoms with van der Waals surface area (Å²) in [6.07, 6.45) is 4.04. The first-order valence-corrected chi connectivity index (χ1v) is 6.14. The van der Waals surface area contributed by atoms with Gasteiger partial charge in [0.25, 0.3) is 0 Å². The van der Waals surface area contributed by atoms with Gasteiger partial charge >= 0.3 is 0 Å². The first-order valence-electron chi connectivity index (χ1n) is 6.14. The molecule has 0 spiro atoms. The van der Waals surface area contributed by atoms with E-state index in [9.17, 15) is 4.79 Å². The highest BCUT2D eigenvalue weighted by atomic mass is 16.1. The summed E-state index contributed by atoms with van der Waals surface area (Å²) in [7, 11) is 0. The molecule has 3 rings (SSSR count). The number of fused-ring (bicyclic) bond motifs is 1. The summed E-state index contributed by atoms with van der Waals surface area (Å²) >= 11 is 0. The molecule has 0 amide bonds. The molecule has 1 heteroatoms. The van der Waals surface area contributed by atoms with Crippen LogP contribution in [0.15, 0.2) is 54.6 Å². The van der Waals surface area contributed by atoms with E-state index in [0.717, 1.165) is 22.3 Å². The number of carbonyl (C=O) groups is 1. The van der Waals surface area contributed by atoms with Crippen LogP contribution in [0.3, 0.4) is 0 Å². The summed E-state index contributed by atoms with van der Waals surface area (Å²) < 4.78 is 0. The smallest absolute Gasteiger partial charge is 0.174 e. The molecule has 88 valence electrons. The van der Waals surface area contributed by atoms with E-state index in [1.54, 1.807) is 0 Å². The molecule has 0 bridgehead atoms. The highest BCUT2D eigenvalue weighted by Crippen LogP contribution is 2.32.